The van der Waals surface area contributed by atoms with Crippen LogP contribution in [0.5, 0.6) is 11.5 Å². The number of ether oxygens (including phenoxy) is 2. The highest BCUT2D eigenvalue weighted by Crippen LogP contribution is 2.27. The number of rotatable bonds is 7. The fraction of sp³-hybridized carbons (Fsp3) is 0.364. The Labute approximate surface area is 165 Å². The van der Waals surface area contributed by atoms with Crippen LogP contribution in [0.25, 0.3) is 0 Å². The summed E-state index contributed by atoms with van der Waals surface area (Å²) in [5.74, 6) is 0.999. The summed E-state index contributed by atoms with van der Waals surface area (Å²) in [5, 5.41) is 2.92. The highest BCUT2D eigenvalue weighted by molar-refractivity contribution is 6.00. The van der Waals surface area contributed by atoms with Crippen LogP contribution in [0.2, 0.25) is 0 Å². The average molecular weight is 382 g/mol. The van der Waals surface area contributed by atoms with Crippen LogP contribution in [0.3, 0.4) is 0 Å². The zero-order valence-electron chi connectivity index (χ0n) is 16.5. The first-order valence-corrected chi connectivity index (χ1v) is 9.44. The monoisotopic (exact) mass is 382 g/mol. The van der Waals surface area contributed by atoms with E-state index < -0.39 is 0 Å². The summed E-state index contributed by atoms with van der Waals surface area (Å²) in [7, 11) is 1.61. The van der Waals surface area contributed by atoms with Crippen LogP contribution < -0.4 is 19.7 Å². The first-order chi connectivity index (χ1) is 13.5. The number of methoxy groups -OCH3 is 1. The van der Waals surface area contributed by atoms with E-state index in [9.17, 15) is 9.59 Å². The molecule has 0 radical (unpaired) electrons. The van der Waals surface area contributed by atoms with Crippen molar-refractivity contribution in [2.45, 2.75) is 32.9 Å². The van der Waals surface area contributed by atoms with E-state index in [4.69, 9.17) is 9.47 Å². The average Bonchev–Trinajstić information content (AvgIpc) is 3.08. The summed E-state index contributed by atoms with van der Waals surface area (Å²) < 4.78 is 10.8. The molecule has 0 saturated carbocycles. The van der Waals surface area contributed by atoms with Crippen molar-refractivity contribution in [2.24, 2.45) is 5.92 Å². The molecule has 0 aromatic heterocycles. The minimum Gasteiger partial charge on any atom is -0.497 e. The number of hydrogen-bond donors (Lipinski definition) is 1. The molecule has 6 heteroatoms. The lowest BCUT2D eigenvalue weighted by Gasteiger charge is -2.18. The molecule has 1 aliphatic rings. The topological polar surface area (TPSA) is 67.9 Å². The number of hydrogen-bond acceptors (Lipinski definition) is 4. The third-order valence-electron chi connectivity index (χ3n) is 4.62. The Morgan fingerprint density at radius 3 is 2.61 bits per heavy atom. The fourth-order valence-corrected chi connectivity index (χ4v) is 3.23. The minimum atomic E-state index is -0.357. The van der Waals surface area contributed by atoms with Crippen molar-refractivity contribution < 1.29 is 19.1 Å². The van der Waals surface area contributed by atoms with Crippen molar-refractivity contribution in [1.29, 1.82) is 0 Å². The maximum Gasteiger partial charge on any atom is 0.227 e. The van der Waals surface area contributed by atoms with Gasteiger partial charge in [0.1, 0.15) is 11.5 Å². The van der Waals surface area contributed by atoms with Crippen LogP contribution in [-0.4, -0.2) is 31.6 Å². The molecule has 0 spiro atoms. The van der Waals surface area contributed by atoms with Gasteiger partial charge in [-0.3, -0.25) is 9.59 Å². The first kappa shape index (κ1) is 19.7. The number of nitrogens with zero attached hydrogens (tertiary/aromatic N) is 1. The Hall–Kier alpha value is -3.02. The van der Waals surface area contributed by atoms with Crippen molar-refractivity contribution in [3.8, 4) is 11.5 Å². The lowest BCUT2D eigenvalue weighted by molar-refractivity contribution is -0.126. The summed E-state index contributed by atoms with van der Waals surface area (Å²) >= 11 is 0. The fourth-order valence-electron chi connectivity index (χ4n) is 3.23. The van der Waals surface area contributed by atoms with Crippen molar-refractivity contribution in [3.05, 3.63) is 54.1 Å². The van der Waals surface area contributed by atoms with Crippen LogP contribution in [0, 0.1) is 5.92 Å². The SMILES string of the molecule is COc1cccc(CNC(=O)[C@@H]2CC(=O)N(c3ccc(OC(C)C)cc3)C2)c1. The summed E-state index contributed by atoms with van der Waals surface area (Å²) in [6, 6.07) is 14.9. The molecule has 2 amide bonds. The summed E-state index contributed by atoms with van der Waals surface area (Å²) in [5.41, 5.74) is 1.74. The molecule has 1 aliphatic heterocycles. The van der Waals surface area contributed by atoms with E-state index in [1.165, 1.54) is 0 Å². The van der Waals surface area contributed by atoms with E-state index in [2.05, 4.69) is 5.32 Å². The highest BCUT2D eigenvalue weighted by Gasteiger charge is 2.35. The first-order valence-electron chi connectivity index (χ1n) is 9.44. The minimum absolute atomic E-state index is 0.0425. The molecule has 0 unspecified atom stereocenters. The maximum atomic E-state index is 12.5. The molecule has 1 atom stereocenters. The number of nitrogens with one attached hydrogen (secondary N) is 1. The van der Waals surface area contributed by atoms with Crippen molar-refractivity contribution >= 4 is 17.5 Å². The van der Waals surface area contributed by atoms with Crippen molar-refractivity contribution in [3.63, 3.8) is 0 Å². The Morgan fingerprint density at radius 2 is 1.93 bits per heavy atom. The highest BCUT2D eigenvalue weighted by atomic mass is 16.5. The Bertz CT molecular complexity index is 833. The summed E-state index contributed by atoms with van der Waals surface area (Å²) in [4.78, 5) is 26.6. The molecule has 2 aromatic carbocycles. The van der Waals surface area contributed by atoms with Crippen molar-refractivity contribution in [1.82, 2.24) is 5.32 Å². The standard InChI is InChI=1S/C22H26N2O4/c1-15(2)28-19-9-7-18(8-10-19)24-14-17(12-21(24)25)22(26)23-13-16-5-4-6-20(11-16)27-3/h4-11,15,17H,12-14H2,1-3H3,(H,23,26)/t17-/m1/s1. The molecule has 6 nitrogen and oxygen atoms in total. The zero-order chi connectivity index (χ0) is 20.1. The van der Waals surface area contributed by atoms with Gasteiger partial charge in [0.2, 0.25) is 11.8 Å². The van der Waals surface area contributed by atoms with E-state index in [1.54, 1.807) is 12.0 Å². The number of amides is 2. The second kappa shape index (κ2) is 8.78. The Balaban J connectivity index is 1.58. The number of carbonyl (C=O) groups is 2. The Kier molecular flexibility index (Phi) is 6.19. The lowest BCUT2D eigenvalue weighted by atomic mass is 10.1. The van der Waals surface area contributed by atoms with Gasteiger partial charge < -0.3 is 19.7 Å². The van der Waals surface area contributed by atoms with Crippen LogP contribution >= 0.6 is 0 Å². The predicted octanol–water partition coefficient (Wildman–Crippen LogP) is 3.15. The third kappa shape index (κ3) is 4.82. The van der Waals surface area contributed by atoms with Crippen LogP contribution in [0.4, 0.5) is 5.69 Å². The van der Waals surface area contributed by atoms with Gasteiger partial charge in [-0.2, -0.15) is 0 Å². The summed E-state index contributed by atoms with van der Waals surface area (Å²) in [6.07, 6.45) is 0.311. The van der Waals surface area contributed by atoms with E-state index in [0.29, 0.717) is 13.1 Å². The lowest BCUT2D eigenvalue weighted by Crippen LogP contribution is -2.32. The summed E-state index contributed by atoms with van der Waals surface area (Å²) in [6.45, 7) is 4.72. The van der Waals surface area contributed by atoms with E-state index in [0.717, 1.165) is 22.7 Å². The van der Waals surface area contributed by atoms with E-state index >= 15 is 0 Å². The van der Waals surface area contributed by atoms with Crippen LogP contribution in [0.1, 0.15) is 25.8 Å². The molecule has 1 saturated heterocycles. The maximum absolute atomic E-state index is 12.5. The van der Waals surface area contributed by atoms with E-state index in [1.807, 2.05) is 62.4 Å². The van der Waals surface area contributed by atoms with Gasteiger partial charge in [-0.25, -0.2) is 0 Å². The number of benzene rings is 2. The molecule has 28 heavy (non-hydrogen) atoms. The molecule has 0 aliphatic carbocycles. The van der Waals surface area contributed by atoms with Crippen LogP contribution in [0.15, 0.2) is 48.5 Å². The molecule has 1 fully saturated rings. The second-order valence-corrected chi connectivity index (χ2v) is 7.14. The zero-order valence-corrected chi connectivity index (χ0v) is 16.5. The quantitative estimate of drug-likeness (QED) is 0.799. The van der Waals surface area contributed by atoms with Crippen LogP contribution in [-0.2, 0) is 16.1 Å². The molecule has 1 heterocycles. The van der Waals surface area contributed by atoms with Gasteiger partial charge in [-0.1, -0.05) is 12.1 Å². The molecular formula is C22H26N2O4. The molecule has 0 bridgehead atoms. The van der Waals surface area contributed by atoms with Gasteiger partial charge >= 0.3 is 0 Å². The molecule has 1 N–H and O–H groups in total. The van der Waals surface area contributed by atoms with Gasteiger partial charge in [0.05, 0.1) is 19.1 Å². The number of carbonyl (C=O) groups excluding carboxylic acids is 2. The molecule has 2 aromatic rings. The number of anilines is 1. The molecule has 148 valence electrons. The smallest absolute Gasteiger partial charge is 0.227 e. The van der Waals surface area contributed by atoms with Gasteiger partial charge in [-0.05, 0) is 55.8 Å². The normalized spacial score (nSPS) is 16.4. The second-order valence-electron chi connectivity index (χ2n) is 7.14. The van der Waals surface area contributed by atoms with Gasteiger partial charge in [0, 0.05) is 25.2 Å². The molecular weight excluding hydrogens is 356 g/mol. The van der Waals surface area contributed by atoms with Crippen molar-refractivity contribution in [2.75, 3.05) is 18.6 Å². The predicted molar refractivity (Wildman–Crippen MR) is 108 cm³/mol. The van der Waals surface area contributed by atoms with Gasteiger partial charge in [0.15, 0.2) is 0 Å². The largest absolute Gasteiger partial charge is 0.497 e. The van der Waals surface area contributed by atoms with Gasteiger partial charge in [0.25, 0.3) is 0 Å². The van der Waals surface area contributed by atoms with Gasteiger partial charge in [-0.15, -0.1) is 0 Å². The third-order valence-corrected chi connectivity index (χ3v) is 4.62. The Morgan fingerprint density at radius 1 is 1.18 bits per heavy atom. The molecule has 3 rings (SSSR count). The van der Waals surface area contributed by atoms with E-state index in [-0.39, 0.29) is 30.3 Å².